The number of nitrogens with one attached hydrogen (secondary N) is 1. The van der Waals surface area contributed by atoms with E-state index >= 15 is 0 Å². The Morgan fingerprint density at radius 3 is 2.27 bits per heavy atom. The van der Waals surface area contributed by atoms with E-state index in [-0.39, 0.29) is 36.2 Å². The summed E-state index contributed by atoms with van der Waals surface area (Å²) in [7, 11) is 0. The number of carbonyl (C=O) groups is 3. The van der Waals surface area contributed by atoms with Crippen LogP contribution in [0.25, 0.3) is 11.1 Å². The van der Waals surface area contributed by atoms with Gasteiger partial charge in [-0.25, -0.2) is 4.79 Å². The molecule has 1 saturated carbocycles. The molecule has 2 N–H and O–H groups in total. The average Bonchev–Trinajstić information content (AvgIpc) is 3.50. The van der Waals surface area contributed by atoms with E-state index in [1.807, 2.05) is 24.3 Å². The molecule has 5 rings (SSSR count). The zero-order chi connectivity index (χ0) is 23.1. The van der Waals surface area contributed by atoms with Crippen LogP contribution in [0.4, 0.5) is 4.79 Å². The third-order valence-corrected chi connectivity index (χ3v) is 7.41. The second-order valence-electron chi connectivity index (χ2n) is 9.44. The number of aliphatic carboxylic acids is 1. The first-order valence-electron chi connectivity index (χ1n) is 11.5. The van der Waals surface area contributed by atoms with Crippen molar-refractivity contribution in [2.45, 2.75) is 19.3 Å². The standard InChI is InChI=1S/C26H28N2O5/c1-15(25(30)31)17-12-28(13-17)24(29)22-10-16(22)11-27-26(32)33-14-23-20-8-4-2-6-18(20)19-7-3-5-9-21(19)23/h2-9,15-17,22-23H,10-14H2,1H3,(H,27,32)(H,30,31). The zero-order valence-electron chi connectivity index (χ0n) is 18.6. The SMILES string of the molecule is CC(C(=O)O)C1CN(C(=O)C2CC2CNC(=O)OCC2c3ccccc3-c3ccccc32)C1. The van der Waals surface area contributed by atoms with Crippen LogP contribution in [0.2, 0.25) is 0 Å². The lowest BCUT2D eigenvalue weighted by Crippen LogP contribution is -2.54. The highest BCUT2D eigenvalue weighted by atomic mass is 16.5. The van der Waals surface area contributed by atoms with Crippen molar-refractivity contribution in [1.29, 1.82) is 0 Å². The molecule has 7 heteroatoms. The lowest BCUT2D eigenvalue weighted by Gasteiger charge is -2.41. The van der Waals surface area contributed by atoms with E-state index in [0.717, 1.165) is 6.42 Å². The summed E-state index contributed by atoms with van der Waals surface area (Å²) in [6.07, 6.45) is 0.285. The topological polar surface area (TPSA) is 95.9 Å². The third kappa shape index (κ3) is 4.08. The predicted molar refractivity (Wildman–Crippen MR) is 122 cm³/mol. The molecular formula is C26H28N2O5. The van der Waals surface area contributed by atoms with Crippen LogP contribution in [0.5, 0.6) is 0 Å². The smallest absolute Gasteiger partial charge is 0.407 e. The molecule has 2 aromatic rings. The summed E-state index contributed by atoms with van der Waals surface area (Å²) < 4.78 is 5.56. The Bertz CT molecular complexity index is 1050. The van der Waals surface area contributed by atoms with Gasteiger partial charge in [-0.05, 0) is 34.6 Å². The van der Waals surface area contributed by atoms with Gasteiger partial charge in [-0.2, -0.15) is 0 Å². The number of carboxylic acids is 1. The van der Waals surface area contributed by atoms with Crippen LogP contribution < -0.4 is 5.32 Å². The summed E-state index contributed by atoms with van der Waals surface area (Å²) in [6.45, 7) is 3.39. The number of hydrogen-bond donors (Lipinski definition) is 2. The van der Waals surface area contributed by atoms with Gasteiger partial charge in [0.2, 0.25) is 5.91 Å². The van der Waals surface area contributed by atoms with Crippen LogP contribution in [-0.2, 0) is 14.3 Å². The van der Waals surface area contributed by atoms with Gasteiger partial charge in [0.05, 0.1) is 5.92 Å². The molecule has 172 valence electrons. The first-order chi connectivity index (χ1) is 15.9. The van der Waals surface area contributed by atoms with Gasteiger partial charge >= 0.3 is 12.1 Å². The maximum Gasteiger partial charge on any atom is 0.407 e. The fourth-order valence-electron chi connectivity index (χ4n) is 5.08. The van der Waals surface area contributed by atoms with Crippen LogP contribution in [0.15, 0.2) is 48.5 Å². The van der Waals surface area contributed by atoms with E-state index in [4.69, 9.17) is 9.84 Å². The Hall–Kier alpha value is -3.35. The lowest BCUT2D eigenvalue weighted by atomic mass is 9.87. The van der Waals surface area contributed by atoms with Gasteiger partial charge in [0.1, 0.15) is 6.61 Å². The van der Waals surface area contributed by atoms with Crippen molar-refractivity contribution >= 4 is 18.0 Å². The van der Waals surface area contributed by atoms with Crippen molar-refractivity contribution in [2.24, 2.45) is 23.7 Å². The number of carbonyl (C=O) groups excluding carboxylic acids is 2. The summed E-state index contributed by atoms with van der Waals surface area (Å²) in [4.78, 5) is 37.7. The Morgan fingerprint density at radius 2 is 1.67 bits per heavy atom. The second-order valence-corrected chi connectivity index (χ2v) is 9.44. The molecule has 2 fully saturated rings. The predicted octanol–water partition coefficient (Wildman–Crippen LogP) is 3.34. The molecule has 0 bridgehead atoms. The molecule has 0 radical (unpaired) electrons. The molecular weight excluding hydrogens is 420 g/mol. The molecule has 3 aliphatic rings. The number of ether oxygens (including phenoxy) is 1. The zero-order valence-corrected chi connectivity index (χ0v) is 18.6. The number of nitrogens with zero attached hydrogens (tertiary/aromatic N) is 1. The van der Waals surface area contributed by atoms with Gasteiger partial charge < -0.3 is 20.1 Å². The number of hydrogen-bond acceptors (Lipinski definition) is 4. The second kappa shape index (κ2) is 8.54. The van der Waals surface area contributed by atoms with Crippen LogP contribution in [-0.4, -0.2) is 54.2 Å². The highest BCUT2D eigenvalue weighted by molar-refractivity contribution is 5.83. The van der Waals surface area contributed by atoms with Crippen molar-refractivity contribution in [3.05, 3.63) is 59.7 Å². The van der Waals surface area contributed by atoms with Crippen LogP contribution in [0.3, 0.4) is 0 Å². The van der Waals surface area contributed by atoms with Crippen molar-refractivity contribution in [3.63, 3.8) is 0 Å². The average molecular weight is 449 g/mol. The molecule has 7 nitrogen and oxygen atoms in total. The molecule has 33 heavy (non-hydrogen) atoms. The Balaban J connectivity index is 1.07. The van der Waals surface area contributed by atoms with E-state index in [9.17, 15) is 14.4 Å². The highest BCUT2D eigenvalue weighted by Gasteiger charge is 2.48. The number of carboxylic acid groups (broad SMARTS) is 1. The molecule has 3 atom stereocenters. The van der Waals surface area contributed by atoms with Crippen molar-refractivity contribution < 1.29 is 24.2 Å². The molecule has 2 aromatic carbocycles. The minimum absolute atomic E-state index is 0.0194. The first kappa shape index (κ1) is 21.5. The van der Waals surface area contributed by atoms with Crippen LogP contribution in [0, 0.1) is 23.7 Å². The minimum Gasteiger partial charge on any atom is -0.481 e. The normalized spacial score (nSPS) is 22.0. The number of amides is 2. The summed E-state index contributed by atoms with van der Waals surface area (Å²) in [5.41, 5.74) is 4.72. The molecule has 1 aliphatic heterocycles. The Kier molecular flexibility index (Phi) is 5.56. The first-order valence-corrected chi connectivity index (χ1v) is 11.5. The van der Waals surface area contributed by atoms with Crippen molar-refractivity contribution in [3.8, 4) is 11.1 Å². The summed E-state index contributed by atoms with van der Waals surface area (Å²) >= 11 is 0. The molecule has 1 heterocycles. The number of rotatable bonds is 7. The van der Waals surface area contributed by atoms with E-state index < -0.39 is 18.0 Å². The summed E-state index contributed by atoms with van der Waals surface area (Å²) in [5.74, 6) is -1.09. The maximum atomic E-state index is 12.5. The minimum atomic E-state index is -0.816. The fraction of sp³-hybridized carbons (Fsp3) is 0.423. The molecule has 1 saturated heterocycles. The van der Waals surface area contributed by atoms with Crippen LogP contribution >= 0.6 is 0 Å². The van der Waals surface area contributed by atoms with Crippen molar-refractivity contribution in [1.82, 2.24) is 10.2 Å². The van der Waals surface area contributed by atoms with Crippen LogP contribution in [0.1, 0.15) is 30.4 Å². The number of alkyl carbamates (subject to hydrolysis) is 1. The largest absolute Gasteiger partial charge is 0.481 e. The quantitative estimate of drug-likeness (QED) is 0.677. The molecule has 2 aliphatic carbocycles. The van der Waals surface area contributed by atoms with Gasteiger partial charge in [0.25, 0.3) is 0 Å². The molecule has 0 aromatic heterocycles. The lowest BCUT2D eigenvalue weighted by molar-refractivity contribution is -0.151. The van der Waals surface area contributed by atoms with E-state index in [0.29, 0.717) is 19.6 Å². The molecule has 2 amide bonds. The van der Waals surface area contributed by atoms with Gasteiger partial charge in [-0.15, -0.1) is 0 Å². The Labute approximate surface area is 192 Å². The van der Waals surface area contributed by atoms with Gasteiger partial charge in [-0.3, -0.25) is 9.59 Å². The Morgan fingerprint density at radius 1 is 1.06 bits per heavy atom. The maximum absolute atomic E-state index is 12.5. The number of likely N-dealkylation sites (tertiary alicyclic amines) is 1. The third-order valence-electron chi connectivity index (χ3n) is 7.41. The van der Waals surface area contributed by atoms with E-state index in [1.54, 1.807) is 11.8 Å². The number of benzene rings is 2. The number of fused-ring (bicyclic) bond motifs is 3. The molecule has 0 spiro atoms. The summed E-state index contributed by atoms with van der Waals surface area (Å²) in [6, 6.07) is 16.4. The van der Waals surface area contributed by atoms with Gasteiger partial charge in [-0.1, -0.05) is 55.5 Å². The summed E-state index contributed by atoms with van der Waals surface area (Å²) in [5, 5.41) is 11.9. The van der Waals surface area contributed by atoms with E-state index in [2.05, 4.69) is 29.6 Å². The van der Waals surface area contributed by atoms with Crippen molar-refractivity contribution in [2.75, 3.05) is 26.2 Å². The monoisotopic (exact) mass is 448 g/mol. The highest BCUT2D eigenvalue weighted by Crippen LogP contribution is 2.44. The van der Waals surface area contributed by atoms with Gasteiger partial charge in [0, 0.05) is 37.4 Å². The molecule has 3 unspecified atom stereocenters. The van der Waals surface area contributed by atoms with Gasteiger partial charge in [0.15, 0.2) is 0 Å². The van der Waals surface area contributed by atoms with E-state index in [1.165, 1.54) is 22.3 Å². The fourth-order valence-corrected chi connectivity index (χ4v) is 5.08.